The van der Waals surface area contributed by atoms with Crippen LogP contribution >= 0.6 is 0 Å². The van der Waals surface area contributed by atoms with Gasteiger partial charge < -0.3 is 30.0 Å². The summed E-state index contributed by atoms with van der Waals surface area (Å²) in [5.74, 6) is -2.11. The van der Waals surface area contributed by atoms with Gasteiger partial charge in [0.1, 0.15) is 6.61 Å². The Morgan fingerprint density at radius 2 is 1.71 bits per heavy atom. The zero-order valence-corrected chi connectivity index (χ0v) is 19.7. The van der Waals surface area contributed by atoms with Crippen molar-refractivity contribution in [3.05, 3.63) is 59.7 Å². The third-order valence-electron chi connectivity index (χ3n) is 6.67. The van der Waals surface area contributed by atoms with Gasteiger partial charge in [-0.15, -0.1) is 0 Å². The highest BCUT2D eigenvalue weighted by Crippen LogP contribution is 2.44. The molecule has 0 bridgehead atoms. The van der Waals surface area contributed by atoms with Crippen LogP contribution in [0.25, 0.3) is 11.1 Å². The number of alkyl carbamates (subject to hydrolysis) is 1. The van der Waals surface area contributed by atoms with Gasteiger partial charge >= 0.3 is 12.1 Å². The Labute approximate surface area is 203 Å². The summed E-state index contributed by atoms with van der Waals surface area (Å²) >= 11 is 0. The SMILES string of the molecule is CO[C@H](C)[C@H](NC(=O)C1COC(CNC(=O)OCC2c3ccccc3-c3ccccc32)C1)C(=O)O. The summed E-state index contributed by atoms with van der Waals surface area (Å²) in [4.78, 5) is 36.3. The van der Waals surface area contributed by atoms with Crippen molar-refractivity contribution < 1.29 is 33.7 Å². The number of nitrogens with one attached hydrogen (secondary N) is 2. The summed E-state index contributed by atoms with van der Waals surface area (Å²) in [7, 11) is 1.39. The molecule has 2 aromatic carbocycles. The Morgan fingerprint density at radius 3 is 2.31 bits per heavy atom. The van der Waals surface area contributed by atoms with Gasteiger partial charge in [-0.2, -0.15) is 0 Å². The number of hydrogen-bond donors (Lipinski definition) is 3. The number of amides is 2. The second-order valence-corrected chi connectivity index (χ2v) is 8.86. The van der Waals surface area contributed by atoms with Crippen molar-refractivity contribution in [2.24, 2.45) is 5.92 Å². The zero-order chi connectivity index (χ0) is 24.9. The number of carboxylic acids is 1. The van der Waals surface area contributed by atoms with Gasteiger partial charge in [-0.3, -0.25) is 4.79 Å². The first-order valence-electron chi connectivity index (χ1n) is 11.7. The highest BCUT2D eigenvalue weighted by Gasteiger charge is 2.35. The predicted octanol–water partition coefficient (Wildman–Crippen LogP) is 2.53. The van der Waals surface area contributed by atoms with E-state index in [1.54, 1.807) is 6.92 Å². The number of aliphatic carboxylic acids is 1. The van der Waals surface area contributed by atoms with Crippen molar-refractivity contribution in [3.8, 4) is 11.1 Å². The van der Waals surface area contributed by atoms with Crippen LogP contribution in [0.2, 0.25) is 0 Å². The maximum atomic E-state index is 12.5. The Bertz CT molecular complexity index is 1040. The molecule has 0 radical (unpaired) electrons. The molecule has 2 aliphatic rings. The fourth-order valence-corrected chi connectivity index (χ4v) is 4.66. The molecular weight excluding hydrogens is 452 g/mol. The van der Waals surface area contributed by atoms with Gasteiger partial charge in [0.05, 0.1) is 24.7 Å². The Morgan fingerprint density at radius 1 is 1.09 bits per heavy atom. The predicted molar refractivity (Wildman–Crippen MR) is 127 cm³/mol. The molecule has 0 spiro atoms. The van der Waals surface area contributed by atoms with Crippen LogP contribution in [-0.4, -0.2) is 68.2 Å². The van der Waals surface area contributed by atoms with E-state index in [1.165, 1.54) is 7.11 Å². The maximum absolute atomic E-state index is 12.5. The molecule has 0 aromatic heterocycles. The van der Waals surface area contributed by atoms with Crippen LogP contribution in [-0.2, 0) is 23.8 Å². The molecule has 186 valence electrons. The number of carbonyl (C=O) groups is 3. The summed E-state index contributed by atoms with van der Waals surface area (Å²) in [6.45, 7) is 2.13. The fourth-order valence-electron chi connectivity index (χ4n) is 4.66. The molecule has 2 aromatic rings. The molecule has 4 rings (SSSR count). The second-order valence-electron chi connectivity index (χ2n) is 8.86. The van der Waals surface area contributed by atoms with E-state index in [9.17, 15) is 19.5 Å². The molecule has 4 atom stereocenters. The first-order chi connectivity index (χ1) is 16.9. The molecule has 3 N–H and O–H groups in total. The number of rotatable bonds is 9. The number of hydrogen-bond acceptors (Lipinski definition) is 6. The Balaban J connectivity index is 1.24. The van der Waals surface area contributed by atoms with Crippen LogP contribution in [0.4, 0.5) is 4.79 Å². The van der Waals surface area contributed by atoms with E-state index in [0.717, 1.165) is 22.3 Å². The van der Waals surface area contributed by atoms with E-state index in [2.05, 4.69) is 34.9 Å². The first-order valence-corrected chi connectivity index (χ1v) is 11.7. The number of ether oxygens (including phenoxy) is 3. The molecule has 1 fully saturated rings. The third-order valence-corrected chi connectivity index (χ3v) is 6.67. The number of benzene rings is 2. The van der Waals surface area contributed by atoms with Gasteiger partial charge in [0, 0.05) is 19.6 Å². The van der Waals surface area contributed by atoms with Gasteiger partial charge in [-0.25, -0.2) is 9.59 Å². The topological polar surface area (TPSA) is 123 Å². The quantitative estimate of drug-likeness (QED) is 0.502. The van der Waals surface area contributed by atoms with Gasteiger partial charge in [-0.05, 0) is 35.6 Å². The summed E-state index contributed by atoms with van der Waals surface area (Å²) in [5, 5.41) is 14.5. The van der Waals surface area contributed by atoms with E-state index in [-0.39, 0.29) is 31.8 Å². The smallest absolute Gasteiger partial charge is 0.407 e. The summed E-state index contributed by atoms with van der Waals surface area (Å²) in [5.41, 5.74) is 4.59. The van der Waals surface area contributed by atoms with Crippen LogP contribution < -0.4 is 10.6 Å². The minimum absolute atomic E-state index is 0.0272. The van der Waals surface area contributed by atoms with Crippen molar-refractivity contribution >= 4 is 18.0 Å². The standard InChI is InChI=1S/C26H30N2O7/c1-15(33-2)23(25(30)31)28-24(29)16-11-17(34-13-16)12-27-26(32)35-14-22-20-9-5-3-7-18(20)19-8-4-6-10-21(19)22/h3-10,15-17,22-23H,11-14H2,1-2H3,(H,27,32)(H,28,29)(H,30,31)/t15-,16?,17?,23+/m1/s1. The second kappa shape index (κ2) is 10.9. The van der Waals surface area contributed by atoms with Gasteiger partial charge in [0.25, 0.3) is 0 Å². The minimum atomic E-state index is -1.17. The zero-order valence-electron chi connectivity index (χ0n) is 19.7. The van der Waals surface area contributed by atoms with E-state index >= 15 is 0 Å². The lowest BCUT2D eigenvalue weighted by molar-refractivity contribution is -0.146. The molecule has 0 saturated carbocycles. The van der Waals surface area contributed by atoms with E-state index < -0.39 is 36.0 Å². The number of methoxy groups -OCH3 is 1. The van der Waals surface area contributed by atoms with Crippen molar-refractivity contribution in [1.82, 2.24) is 10.6 Å². The Hall–Kier alpha value is -3.43. The van der Waals surface area contributed by atoms with Crippen LogP contribution in [0.15, 0.2) is 48.5 Å². The minimum Gasteiger partial charge on any atom is -0.480 e. The molecule has 1 saturated heterocycles. The molecule has 9 nitrogen and oxygen atoms in total. The number of carboxylic acid groups (broad SMARTS) is 1. The molecule has 2 unspecified atom stereocenters. The molecule has 1 aliphatic carbocycles. The summed E-state index contributed by atoms with van der Waals surface area (Å²) in [6, 6.07) is 15.1. The average molecular weight is 483 g/mol. The van der Waals surface area contributed by atoms with Crippen LogP contribution in [0, 0.1) is 5.92 Å². The van der Waals surface area contributed by atoms with Gasteiger partial charge in [-0.1, -0.05) is 48.5 Å². The number of carbonyl (C=O) groups excluding carboxylic acids is 2. The first kappa shape index (κ1) is 24.7. The molecular formula is C26H30N2O7. The lowest BCUT2D eigenvalue weighted by Gasteiger charge is -2.21. The molecule has 35 heavy (non-hydrogen) atoms. The normalized spacial score (nSPS) is 20.4. The van der Waals surface area contributed by atoms with Crippen LogP contribution in [0.1, 0.15) is 30.4 Å². The van der Waals surface area contributed by atoms with Crippen molar-refractivity contribution in [3.63, 3.8) is 0 Å². The lowest BCUT2D eigenvalue weighted by atomic mass is 9.98. The number of fused-ring (bicyclic) bond motifs is 3. The van der Waals surface area contributed by atoms with Gasteiger partial charge in [0.2, 0.25) is 5.91 Å². The Kier molecular flexibility index (Phi) is 7.67. The van der Waals surface area contributed by atoms with Crippen LogP contribution in [0.5, 0.6) is 0 Å². The highest BCUT2D eigenvalue weighted by molar-refractivity contribution is 5.85. The molecule has 2 amide bonds. The average Bonchev–Trinajstić information content (AvgIpc) is 3.47. The fraction of sp³-hybridized carbons (Fsp3) is 0.423. The van der Waals surface area contributed by atoms with Crippen molar-refractivity contribution in [2.75, 3.05) is 26.9 Å². The lowest BCUT2D eigenvalue weighted by Crippen LogP contribution is -2.50. The van der Waals surface area contributed by atoms with Gasteiger partial charge in [0.15, 0.2) is 6.04 Å². The maximum Gasteiger partial charge on any atom is 0.407 e. The van der Waals surface area contributed by atoms with Crippen molar-refractivity contribution in [1.29, 1.82) is 0 Å². The molecule has 1 heterocycles. The van der Waals surface area contributed by atoms with E-state index in [4.69, 9.17) is 14.2 Å². The largest absolute Gasteiger partial charge is 0.480 e. The van der Waals surface area contributed by atoms with E-state index in [0.29, 0.717) is 6.42 Å². The summed E-state index contributed by atoms with van der Waals surface area (Å²) in [6.07, 6.45) is -1.23. The highest BCUT2D eigenvalue weighted by atomic mass is 16.5. The molecule has 1 aliphatic heterocycles. The van der Waals surface area contributed by atoms with E-state index in [1.807, 2.05) is 24.3 Å². The van der Waals surface area contributed by atoms with Crippen LogP contribution in [0.3, 0.4) is 0 Å². The summed E-state index contributed by atoms with van der Waals surface area (Å²) < 4.78 is 16.2. The van der Waals surface area contributed by atoms with Crippen molar-refractivity contribution in [2.45, 2.75) is 37.5 Å². The third kappa shape index (κ3) is 5.47. The monoisotopic (exact) mass is 482 g/mol. The molecule has 9 heteroatoms.